The highest BCUT2D eigenvalue weighted by Gasteiger charge is 2.68. The average molecular weight is 401 g/mol. The van der Waals surface area contributed by atoms with Crippen molar-refractivity contribution in [3.05, 3.63) is 11.6 Å². The Labute approximate surface area is 171 Å². The smallest absolute Gasteiger partial charge is 0.185 e. The molecule has 4 rings (SSSR count). The Morgan fingerprint density at radius 1 is 1.25 bits per heavy atom. The molecule has 28 heavy (non-hydrogen) atoms. The van der Waals surface area contributed by atoms with Crippen LogP contribution in [0, 0.1) is 41.4 Å². The van der Waals surface area contributed by atoms with Crippen LogP contribution < -0.4 is 0 Å². The number of ketones is 1. The van der Waals surface area contributed by atoms with Gasteiger partial charge in [-0.05, 0) is 94.3 Å². The molecule has 4 aliphatic rings. The summed E-state index contributed by atoms with van der Waals surface area (Å²) in [5.74, 6) is 5.59. The topological polar surface area (TPSA) is 46.5 Å². The minimum atomic E-state index is -1.93. The van der Waals surface area contributed by atoms with E-state index in [0.29, 0.717) is 35.9 Å². The first-order valence-corrected chi connectivity index (χ1v) is 14.7. The van der Waals surface area contributed by atoms with Crippen molar-refractivity contribution in [2.24, 2.45) is 29.1 Å². The number of allylic oxidation sites excluding steroid dienone is 1. The largest absolute Gasteiger partial charge is 0.399 e. The number of carbonyl (C=O) groups is 1. The van der Waals surface area contributed by atoms with Crippen LogP contribution in [0.3, 0.4) is 0 Å². The van der Waals surface area contributed by atoms with Crippen molar-refractivity contribution < 1.29 is 14.3 Å². The lowest BCUT2D eigenvalue weighted by molar-refractivity contribution is -0.119. The molecule has 0 unspecified atom stereocenters. The Morgan fingerprint density at radius 3 is 2.64 bits per heavy atom. The van der Waals surface area contributed by atoms with Crippen molar-refractivity contribution >= 4 is 14.1 Å². The Bertz CT molecular complexity index is 729. The SMILES string of the molecule is C#C[C@@]1(O[Si](C)(C)C)[C@@H](O)C[C@H]2[C@@H]3CCC4=CC(=O)CC[C@@H]4[C@H]3CC[C@@]21CC. The Kier molecular flexibility index (Phi) is 4.97. The second kappa shape index (κ2) is 6.82. The maximum absolute atomic E-state index is 11.9. The second-order valence-corrected chi connectivity index (χ2v) is 15.1. The third-order valence-electron chi connectivity index (χ3n) is 8.51. The third-order valence-corrected chi connectivity index (χ3v) is 9.44. The maximum atomic E-state index is 11.9. The minimum Gasteiger partial charge on any atom is -0.399 e. The van der Waals surface area contributed by atoms with Gasteiger partial charge in [0.25, 0.3) is 0 Å². The fraction of sp³-hybridized carbons (Fsp3) is 0.792. The lowest BCUT2D eigenvalue weighted by atomic mass is 9.49. The van der Waals surface area contributed by atoms with E-state index in [1.165, 1.54) is 5.57 Å². The Balaban J connectivity index is 1.71. The summed E-state index contributed by atoms with van der Waals surface area (Å²) in [6.07, 6.45) is 15.4. The van der Waals surface area contributed by atoms with Crippen LogP contribution in [0.1, 0.15) is 58.3 Å². The summed E-state index contributed by atoms with van der Waals surface area (Å²) in [7, 11) is -1.93. The van der Waals surface area contributed by atoms with Gasteiger partial charge in [-0.3, -0.25) is 4.79 Å². The normalized spacial score (nSPS) is 45.5. The van der Waals surface area contributed by atoms with E-state index >= 15 is 0 Å². The number of fused-ring (bicyclic) bond motifs is 5. The Morgan fingerprint density at radius 2 is 2.00 bits per heavy atom. The molecule has 0 aliphatic heterocycles. The molecule has 0 aromatic heterocycles. The quantitative estimate of drug-likeness (QED) is 0.551. The molecule has 0 spiro atoms. The average Bonchev–Trinajstić information content (AvgIpc) is 2.88. The van der Waals surface area contributed by atoms with E-state index in [1.54, 1.807) is 0 Å². The van der Waals surface area contributed by atoms with Crippen molar-refractivity contribution in [1.82, 2.24) is 0 Å². The number of aliphatic hydroxyl groups is 1. The fourth-order valence-corrected chi connectivity index (χ4v) is 8.98. The lowest BCUT2D eigenvalue weighted by Gasteiger charge is -2.57. The highest BCUT2D eigenvalue weighted by molar-refractivity contribution is 6.69. The van der Waals surface area contributed by atoms with Crippen LogP contribution >= 0.6 is 0 Å². The van der Waals surface area contributed by atoms with Gasteiger partial charge in [-0.2, -0.15) is 0 Å². The number of hydrogen-bond acceptors (Lipinski definition) is 3. The highest BCUT2D eigenvalue weighted by Crippen LogP contribution is 2.67. The van der Waals surface area contributed by atoms with Crippen LogP contribution in [0.4, 0.5) is 0 Å². The maximum Gasteiger partial charge on any atom is 0.185 e. The second-order valence-electron chi connectivity index (χ2n) is 10.7. The van der Waals surface area contributed by atoms with Gasteiger partial charge in [-0.1, -0.05) is 18.4 Å². The summed E-state index contributed by atoms with van der Waals surface area (Å²) in [5, 5.41) is 11.3. The van der Waals surface area contributed by atoms with Crippen LogP contribution in [-0.2, 0) is 9.22 Å². The Hall–Kier alpha value is -0.893. The first-order chi connectivity index (χ1) is 13.2. The molecular weight excluding hydrogens is 364 g/mol. The van der Waals surface area contributed by atoms with Crippen molar-refractivity contribution in [3.8, 4) is 12.3 Å². The van der Waals surface area contributed by atoms with Gasteiger partial charge in [0.05, 0.1) is 6.10 Å². The van der Waals surface area contributed by atoms with E-state index in [9.17, 15) is 9.90 Å². The molecule has 1 N–H and O–H groups in total. The van der Waals surface area contributed by atoms with Gasteiger partial charge in [-0.25, -0.2) is 0 Å². The van der Waals surface area contributed by atoms with E-state index in [2.05, 4.69) is 32.5 Å². The van der Waals surface area contributed by atoms with Gasteiger partial charge in [0, 0.05) is 11.8 Å². The zero-order valence-electron chi connectivity index (χ0n) is 18.0. The van der Waals surface area contributed by atoms with Crippen LogP contribution in [0.5, 0.6) is 0 Å². The van der Waals surface area contributed by atoms with Crippen molar-refractivity contribution in [3.63, 3.8) is 0 Å². The predicted octanol–water partition coefficient (Wildman–Crippen LogP) is 4.71. The number of hydrogen-bond donors (Lipinski definition) is 1. The van der Waals surface area contributed by atoms with Crippen LogP contribution in [0.15, 0.2) is 11.6 Å². The number of carbonyl (C=O) groups excluding carboxylic acids is 1. The molecule has 7 atom stereocenters. The van der Waals surface area contributed by atoms with Gasteiger partial charge in [0.15, 0.2) is 14.1 Å². The molecule has 4 heteroatoms. The molecule has 0 bridgehead atoms. The molecular formula is C24H36O3Si. The molecule has 0 amide bonds. The molecule has 3 fully saturated rings. The summed E-state index contributed by atoms with van der Waals surface area (Å²) in [4.78, 5) is 11.9. The van der Waals surface area contributed by atoms with E-state index in [0.717, 1.165) is 44.9 Å². The van der Waals surface area contributed by atoms with Crippen LogP contribution in [0.2, 0.25) is 19.6 Å². The number of rotatable bonds is 3. The number of terminal acetylenes is 1. The summed E-state index contributed by atoms with van der Waals surface area (Å²) < 4.78 is 6.71. The molecule has 0 heterocycles. The van der Waals surface area contributed by atoms with Crippen LogP contribution in [-0.4, -0.2) is 30.9 Å². The van der Waals surface area contributed by atoms with E-state index < -0.39 is 20.0 Å². The van der Waals surface area contributed by atoms with Crippen molar-refractivity contribution in [2.45, 2.75) is 89.6 Å². The monoisotopic (exact) mass is 400 g/mol. The zero-order chi connectivity index (χ0) is 20.3. The standard InChI is InChI=1S/C24H36O3Si/c1-6-23-13-12-19-18-11-9-17(25)14-16(18)8-10-20(19)21(23)15-22(26)24(23,7-2)27-28(3,4)5/h2,14,18-22,26H,6,8-13,15H2,1,3-5H3/t18-,19+,20+,21-,22-,23-,24+/m0/s1. The summed E-state index contributed by atoms with van der Waals surface area (Å²) in [6, 6.07) is 0. The highest BCUT2D eigenvalue weighted by atomic mass is 28.4. The molecule has 154 valence electrons. The van der Waals surface area contributed by atoms with E-state index in [-0.39, 0.29) is 5.41 Å². The van der Waals surface area contributed by atoms with Crippen LogP contribution in [0.25, 0.3) is 0 Å². The lowest BCUT2D eigenvalue weighted by Crippen LogP contribution is -2.60. The predicted molar refractivity (Wildman–Crippen MR) is 114 cm³/mol. The van der Waals surface area contributed by atoms with Crippen molar-refractivity contribution in [2.75, 3.05) is 0 Å². The summed E-state index contributed by atoms with van der Waals surface area (Å²) in [5.41, 5.74) is 0.455. The van der Waals surface area contributed by atoms with E-state index in [4.69, 9.17) is 10.8 Å². The molecule has 4 aliphatic carbocycles. The van der Waals surface area contributed by atoms with Gasteiger partial charge >= 0.3 is 0 Å². The first kappa shape index (κ1) is 20.4. The van der Waals surface area contributed by atoms with Gasteiger partial charge in [-0.15, -0.1) is 6.42 Å². The molecule has 0 aromatic rings. The summed E-state index contributed by atoms with van der Waals surface area (Å²) in [6.45, 7) is 8.78. The molecule has 0 saturated heterocycles. The molecule has 3 saturated carbocycles. The fourth-order valence-electron chi connectivity index (χ4n) is 7.62. The van der Waals surface area contributed by atoms with Gasteiger partial charge in [0.1, 0.15) is 5.60 Å². The van der Waals surface area contributed by atoms with Gasteiger partial charge in [0.2, 0.25) is 0 Å². The summed E-state index contributed by atoms with van der Waals surface area (Å²) >= 11 is 0. The minimum absolute atomic E-state index is 0.117. The zero-order valence-corrected chi connectivity index (χ0v) is 19.0. The van der Waals surface area contributed by atoms with Crippen molar-refractivity contribution in [1.29, 1.82) is 0 Å². The van der Waals surface area contributed by atoms with Gasteiger partial charge < -0.3 is 9.53 Å². The first-order valence-electron chi connectivity index (χ1n) is 11.3. The third kappa shape index (κ3) is 2.81. The van der Waals surface area contributed by atoms with E-state index in [1.807, 2.05) is 6.08 Å². The molecule has 3 nitrogen and oxygen atoms in total. The number of aliphatic hydroxyl groups excluding tert-OH is 1. The molecule has 0 radical (unpaired) electrons. The molecule has 0 aromatic carbocycles.